The van der Waals surface area contributed by atoms with E-state index in [0.29, 0.717) is 41.2 Å². The van der Waals surface area contributed by atoms with Gasteiger partial charge in [0, 0.05) is 36.1 Å². The number of nitrogens with zero attached hydrogens (tertiary/aromatic N) is 4. The predicted molar refractivity (Wildman–Crippen MR) is 146 cm³/mol. The Labute approximate surface area is 219 Å². The normalized spacial score (nSPS) is 10.5. The van der Waals surface area contributed by atoms with Gasteiger partial charge in [-0.05, 0) is 55.5 Å². The van der Waals surface area contributed by atoms with E-state index in [1.54, 1.807) is 16.9 Å². The standard InChI is InChI=1S/C29H25N7O2/c1-20-26(35-29(37)32-16-14-22-7-5-6-15-31-22)19-36-28(20)27(21(17-30)18-33-36)34-23-10-12-25(13-11-23)38-24-8-3-2-4-9-24/h2-13,15,18-19,34H,14,16H2,1H3,(H2,32,35,37). The summed E-state index contributed by atoms with van der Waals surface area (Å²) in [6.45, 7) is 2.33. The summed E-state index contributed by atoms with van der Waals surface area (Å²) in [6.07, 6.45) is 5.58. The van der Waals surface area contributed by atoms with Crippen LogP contribution in [0.15, 0.2) is 91.4 Å². The number of para-hydroxylation sites is 1. The van der Waals surface area contributed by atoms with E-state index in [9.17, 15) is 10.1 Å². The maximum Gasteiger partial charge on any atom is 0.319 e. The summed E-state index contributed by atoms with van der Waals surface area (Å²) in [6, 6.07) is 24.6. The molecule has 0 unspecified atom stereocenters. The van der Waals surface area contributed by atoms with Crippen LogP contribution < -0.4 is 20.7 Å². The largest absolute Gasteiger partial charge is 0.457 e. The van der Waals surface area contributed by atoms with Gasteiger partial charge in [-0.25, -0.2) is 9.31 Å². The quantitative estimate of drug-likeness (QED) is 0.246. The molecule has 9 heteroatoms. The zero-order valence-corrected chi connectivity index (χ0v) is 20.7. The summed E-state index contributed by atoms with van der Waals surface area (Å²) in [4.78, 5) is 16.8. The van der Waals surface area contributed by atoms with Crippen LogP contribution in [0.5, 0.6) is 11.5 Å². The van der Waals surface area contributed by atoms with Gasteiger partial charge in [-0.2, -0.15) is 10.4 Å². The summed E-state index contributed by atoms with van der Waals surface area (Å²) >= 11 is 0. The molecule has 0 fully saturated rings. The Hall–Kier alpha value is -5.36. The SMILES string of the molecule is Cc1c(NC(=O)NCCc2ccccn2)cn2ncc(C#N)c(Nc3ccc(Oc4ccccc4)cc3)c12. The van der Waals surface area contributed by atoms with Crippen molar-refractivity contribution in [2.45, 2.75) is 13.3 Å². The third-order valence-electron chi connectivity index (χ3n) is 5.92. The topological polar surface area (TPSA) is 116 Å². The number of ether oxygens (including phenoxy) is 1. The Kier molecular flexibility index (Phi) is 7.13. The molecule has 3 N–H and O–H groups in total. The number of aromatic nitrogens is 3. The average Bonchev–Trinajstić information content (AvgIpc) is 3.26. The van der Waals surface area contributed by atoms with Crippen molar-refractivity contribution in [2.75, 3.05) is 17.2 Å². The van der Waals surface area contributed by atoms with Gasteiger partial charge in [0.05, 0.1) is 34.8 Å². The Bertz CT molecular complexity index is 1590. The second-order valence-corrected chi connectivity index (χ2v) is 8.52. The minimum atomic E-state index is -0.330. The van der Waals surface area contributed by atoms with E-state index < -0.39 is 0 Å². The van der Waals surface area contributed by atoms with Gasteiger partial charge in [-0.15, -0.1) is 0 Å². The van der Waals surface area contributed by atoms with E-state index >= 15 is 0 Å². The molecule has 0 saturated carbocycles. The number of pyridine rings is 1. The number of aryl methyl sites for hydroxylation is 1. The fourth-order valence-electron chi connectivity index (χ4n) is 4.02. The summed E-state index contributed by atoms with van der Waals surface area (Å²) in [5.74, 6) is 1.45. The van der Waals surface area contributed by atoms with Crippen LogP contribution in [0, 0.1) is 18.3 Å². The molecule has 0 saturated heterocycles. The first-order chi connectivity index (χ1) is 18.6. The average molecular weight is 504 g/mol. The number of carbonyl (C=O) groups excluding carboxylic acids is 1. The monoisotopic (exact) mass is 503 g/mol. The molecule has 2 amide bonds. The van der Waals surface area contributed by atoms with Gasteiger partial charge >= 0.3 is 6.03 Å². The van der Waals surface area contributed by atoms with Crippen LogP contribution in [0.2, 0.25) is 0 Å². The molecular formula is C29H25N7O2. The highest BCUT2D eigenvalue weighted by Gasteiger charge is 2.17. The molecule has 2 aromatic carbocycles. The van der Waals surface area contributed by atoms with Crippen molar-refractivity contribution in [3.05, 3.63) is 108 Å². The van der Waals surface area contributed by atoms with Crippen molar-refractivity contribution < 1.29 is 9.53 Å². The molecule has 0 atom stereocenters. The molecule has 0 radical (unpaired) electrons. The van der Waals surface area contributed by atoms with Crippen molar-refractivity contribution in [3.8, 4) is 17.6 Å². The fraction of sp³-hybridized carbons (Fsp3) is 0.103. The van der Waals surface area contributed by atoms with Crippen molar-refractivity contribution in [1.82, 2.24) is 19.9 Å². The lowest BCUT2D eigenvalue weighted by atomic mass is 10.1. The van der Waals surface area contributed by atoms with E-state index in [1.165, 1.54) is 6.20 Å². The van der Waals surface area contributed by atoms with Gasteiger partial charge in [0.2, 0.25) is 0 Å². The van der Waals surface area contributed by atoms with E-state index in [-0.39, 0.29) is 6.03 Å². The van der Waals surface area contributed by atoms with Crippen molar-refractivity contribution in [2.24, 2.45) is 0 Å². The molecule has 0 spiro atoms. The predicted octanol–water partition coefficient (Wildman–Crippen LogP) is 5.81. The van der Waals surface area contributed by atoms with Crippen LogP contribution in [-0.2, 0) is 6.42 Å². The minimum absolute atomic E-state index is 0.330. The highest BCUT2D eigenvalue weighted by Crippen LogP contribution is 2.33. The highest BCUT2D eigenvalue weighted by atomic mass is 16.5. The van der Waals surface area contributed by atoms with E-state index in [0.717, 1.165) is 22.7 Å². The van der Waals surface area contributed by atoms with Crippen LogP contribution in [0.3, 0.4) is 0 Å². The van der Waals surface area contributed by atoms with Crippen LogP contribution >= 0.6 is 0 Å². The summed E-state index contributed by atoms with van der Waals surface area (Å²) in [5.41, 5.74) is 4.73. The van der Waals surface area contributed by atoms with Crippen molar-refractivity contribution in [1.29, 1.82) is 5.26 Å². The molecule has 9 nitrogen and oxygen atoms in total. The number of urea groups is 1. The number of nitrogens with one attached hydrogen (secondary N) is 3. The number of nitriles is 1. The van der Waals surface area contributed by atoms with E-state index in [2.05, 4.69) is 32.1 Å². The lowest BCUT2D eigenvalue weighted by Gasteiger charge is -2.12. The second kappa shape index (κ2) is 11.1. The molecule has 0 bridgehead atoms. The Morgan fingerprint density at radius 3 is 2.53 bits per heavy atom. The van der Waals surface area contributed by atoms with Gasteiger partial charge in [-0.1, -0.05) is 24.3 Å². The number of rotatable bonds is 8. The molecule has 0 aliphatic carbocycles. The first-order valence-electron chi connectivity index (χ1n) is 12.1. The second-order valence-electron chi connectivity index (χ2n) is 8.52. The van der Waals surface area contributed by atoms with Crippen LogP contribution in [-0.4, -0.2) is 27.2 Å². The molecule has 5 aromatic rings. The molecule has 0 aliphatic rings. The zero-order valence-electron chi connectivity index (χ0n) is 20.7. The maximum absolute atomic E-state index is 12.5. The number of fused-ring (bicyclic) bond motifs is 1. The molecule has 38 heavy (non-hydrogen) atoms. The zero-order chi connectivity index (χ0) is 26.3. The first-order valence-corrected chi connectivity index (χ1v) is 12.1. The molecule has 188 valence electrons. The van der Waals surface area contributed by atoms with Gasteiger partial charge in [0.15, 0.2) is 0 Å². The van der Waals surface area contributed by atoms with Crippen LogP contribution in [0.4, 0.5) is 21.9 Å². The van der Waals surface area contributed by atoms with Gasteiger partial charge < -0.3 is 20.7 Å². The maximum atomic E-state index is 12.5. The van der Waals surface area contributed by atoms with Gasteiger partial charge in [-0.3, -0.25) is 4.98 Å². The Morgan fingerprint density at radius 1 is 1.03 bits per heavy atom. The molecule has 0 aliphatic heterocycles. The summed E-state index contributed by atoms with van der Waals surface area (Å²) in [5, 5.41) is 23.2. The van der Waals surface area contributed by atoms with Gasteiger partial charge in [0.1, 0.15) is 17.6 Å². The Balaban J connectivity index is 1.32. The van der Waals surface area contributed by atoms with Crippen LogP contribution in [0.25, 0.3) is 5.52 Å². The van der Waals surface area contributed by atoms with Crippen molar-refractivity contribution in [3.63, 3.8) is 0 Å². The number of benzene rings is 2. The molecule has 5 rings (SSSR count). The third kappa shape index (κ3) is 5.55. The molecule has 3 aromatic heterocycles. The first kappa shape index (κ1) is 24.3. The molecule has 3 heterocycles. The summed E-state index contributed by atoms with van der Waals surface area (Å²) in [7, 11) is 0. The number of anilines is 3. The van der Waals surface area contributed by atoms with E-state index in [1.807, 2.05) is 79.7 Å². The smallest absolute Gasteiger partial charge is 0.319 e. The van der Waals surface area contributed by atoms with E-state index in [4.69, 9.17) is 4.74 Å². The number of hydrogen-bond donors (Lipinski definition) is 3. The summed E-state index contributed by atoms with van der Waals surface area (Å²) < 4.78 is 7.52. The lowest BCUT2D eigenvalue weighted by Crippen LogP contribution is -2.30. The minimum Gasteiger partial charge on any atom is -0.457 e. The van der Waals surface area contributed by atoms with Crippen molar-refractivity contribution >= 4 is 28.6 Å². The fourth-order valence-corrected chi connectivity index (χ4v) is 4.02. The van der Waals surface area contributed by atoms with Crippen LogP contribution in [0.1, 0.15) is 16.8 Å². The highest BCUT2D eigenvalue weighted by molar-refractivity contribution is 5.94. The molecular weight excluding hydrogens is 478 g/mol. The number of amides is 2. The van der Waals surface area contributed by atoms with Gasteiger partial charge in [0.25, 0.3) is 0 Å². The number of carbonyl (C=O) groups is 1. The lowest BCUT2D eigenvalue weighted by molar-refractivity contribution is 0.252. The number of hydrogen-bond acceptors (Lipinski definition) is 6. The third-order valence-corrected chi connectivity index (χ3v) is 5.92. The Morgan fingerprint density at radius 2 is 1.79 bits per heavy atom.